The number of sulfonamides is 1. The van der Waals surface area contributed by atoms with Crippen molar-refractivity contribution < 1.29 is 8.42 Å². The topological polar surface area (TPSA) is 72.2 Å². The van der Waals surface area contributed by atoms with Gasteiger partial charge in [-0.3, -0.25) is 0 Å². The normalized spacial score (nSPS) is 11.1. The molecule has 0 aliphatic rings. The summed E-state index contributed by atoms with van der Waals surface area (Å²) >= 11 is 0. The fourth-order valence-corrected chi connectivity index (χ4v) is 2.05. The molecule has 0 saturated carbocycles. The first-order chi connectivity index (χ1) is 7.42. The van der Waals surface area contributed by atoms with Gasteiger partial charge in [-0.15, -0.1) is 0 Å². The van der Waals surface area contributed by atoms with E-state index in [4.69, 9.17) is 5.73 Å². The van der Waals surface area contributed by atoms with Gasteiger partial charge in [0.25, 0.3) is 0 Å². The molecule has 1 aromatic carbocycles. The average Bonchev–Trinajstić information content (AvgIpc) is 2.17. The maximum atomic E-state index is 11.7. The monoisotopic (exact) mass is 240 g/mol. The molecule has 0 radical (unpaired) electrons. The van der Waals surface area contributed by atoms with Crippen LogP contribution in [-0.2, 0) is 10.0 Å². The summed E-state index contributed by atoms with van der Waals surface area (Å²) in [5, 5.41) is 0. The van der Waals surface area contributed by atoms with Crippen molar-refractivity contribution in [1.29, 1.82) is 0 Å². The van der Waals surface area contributed by atoms with Crippen LogP contribution in [-0.4, -0.2) is 15.0 Å². The number of nitrogen functional groups attached to an aromatic ring is 1. The van der Waals surface area contributed by atoms with E-state index in [1.807, 2.05) is 19.9 Å². The van der Waals surface area contributed by atoms with Crippen LogP contribution in [0.4, 0.5) is 5.69 Å². The molecule has 5 heteroatoms. The minimum Gasteiger partial charge on any atom is -0.399 e. The minimum absolute atomic E-state index is 0.226. The SMILES string of the molecule is CC(C)=CCNS(=O)(=O)c1ccc(N)cc1. The quantitative estimate of drug-likeness (QED) is 0.619. The van der Waals surface area contributed by atoms with Gasteiger partial charge in [0.2, 0.25) is 10.0 Å². The number of nitrogens with one attached hydrogen (secondary N) is 1. The van der Waals surface area contributed by atoms with Crippen LogP contribution in [0.2, 0.25) is 0 Å². The van der Waals surface area contributed by atoms with Crippen LogP contribution in [0.5, 0.6) is 0 Å². The van der Waals surface area contributed by atoms with Gasteiger partial charge in [-0.2, -0.15) is 0 Å². The van der Waals surface area contributed by atoms with Crippen molar-refractivity contribution in [2.24, 2.45) is 0 Å². The van der Waals surface area contributed by atoms with E-state index in [0.717, 1.165) is 5.57 Å². The van der Waals surface area contributed by atoms with E-state index in [1.165, 1.54) is 12.1 Å². The first-order valence-electron chi connectivity index (χ1n) is 4.90. The largest absolute Gasteiger partial charge is 0.399 e. The first kappa shape index (κ1) is 12.7. The molecule has 0 bridgehead atoms. The molecule has 1 aromatic rings. The zero-order chi connectivity index (χ0) is 12.2. The van der Waals surface area contributed by atoms with Gasteiger partial charge in [0.05, 0.1) is 4.90 Å². The Bertz CT molecular complexity index is 471. The maximum absolute atomic E-state index is 11.7. The highest BCUT2D eigenvalue weighted by atomic mass is 32.2. The second kappa shape index (κ2) is 5.14. The highest BCUT2D eigenvalue weighted by Gasteiger charge is 2.11. The Morgan fingerprint density at radius 2 is 1.88 bits per heavy atom. The average molecular weight is 240 g/mol. The van der Waals surface area contributed by atoms with Crippen LogP contribution in [0, 0.1) is 0 Å². The van der Waals surface area contributed by atoms with Gasteiger partial charge in [0, 0.05) is 12.2 Å². The Labute approximate surface area is 96.2 Å². The van der Waals surface area contributed by atoms with Gasteiger partial charge < -0.3 is 5.73 Å². The van der Waals surface area contributed by atoms with E-state index in [9.17, 15) is 8.42 Å². The van der Waals surface area contributed by atoms with E-state index >= 15 is 0 Å². The van der Waals surface area contributed by atoms with Crippen LogP contribution in [0.1, 0.15) is 13.8 Å². The predicted molar refractivity (Wildman–Crippen MR) is 65.5 cm³/mol. The highest BCUT2D eigenvalue weighted by Crippen LogP contribution is 2.11. The van der Waals surface area contributed by atoms with Crippen molar-refractivity contribution in [2.45, 2.75) is 18.7 Å². The molecule has 88 valence electrons. The van der Waals surface area contributed by atoms with Crippen molar-refractivity contribution in [3.05, 3.63) is 35.9 Å². The van der Waals surface area contributed by atoms with E-state index in [2.05, 4.69) is 4.72 Å². The van der Waals surface area contributed by atoms with Crippen molar-refractivity contribution in [3.63, 3.8) is 0 Å². The molecule has 0 aliphatic heterocycles. The lowest BCUT2D eigenvalue weighted by Gasteiger charge is -2.04. The maximum Gasteiger partial charge on any atom is 0.240 e. The fraction of sp³-hybridized carbons (Fsp3) is 0.273. The Balaban J connectivity index is 2.78. The van der Waals surface area contributed by atoms with Crippen molar-refractivity contribution in [1.82, 2.24) is 4.72 Å². The molecule has 0 fully saturated rings. The van der Waals surface area contributed by atoms with Gasteiger partial charge in [-0.25, -0.2) is 13.1 Å². The molecule has 0 atom stereocenters. The molecule has 0 aromatic heterocycles. The lowest BCUT2D eigenvalue weighted by Crippen LogP contribution is -2.23. The summed E-state index contributed by atoms with van der Waals surface area (Å²) in [6, 6.07) is 6.10. The van der Waals surface area contributed by atoms with E-state index < -0.39 is 10.0 Å². The molecule has 0 saturated heterocycles. The van der Waals surface area contributed by atoms with Crippen LogP contribution in [0.15, 0.2) is 40.8 Å². The summed E-state index contributed by atoms with van der Waals surface area (Å²) in [4.78, 5) is 0.226. The highest BCUT2D eigenvalue weighted by molar-refractivity contribution is 7.89. The zero-order valence-corrected chi connectivity index (χ0v) is 10.2. The molecule has 0 spiro atoms. The third-order valence-electron chi connectivity index (χ3n) is 1.97. The predicted octanol–water partition coefficient (Wildman–Crippen LogP) is 1.51. The van der Waals surface area contributed by atoms with Gasteiger partial charge in [0.15, 0.2) is 0 Å². The lowest BCUT2D eigenvalue weighted by molar-refractivity contribution is 0.585. The number of nitrogens with two attached hydrogens (primary N) is 1. The van der Waals surface area contributed by atoms with E-state index in [-0.39, 0.29) is 4.90 Å². The van der Waals surface area contributed by atoms with Gasteiger partial charge >= 0.3 is 0 Å². The van der Waals surface area contributed by atoms with Crippen LogP contribution in [0.3, 0.4) is 0 Å². The third-order valence-corrected chi connectivity index (χ3v) is 3.41. The molecule has 0 unspecified atom stereocenters. The second-order valence-corrected chi connectivity index (χ2v) is 5.47. The van der Waals surface area contributed by atoms with E-state index in [0.29, 0.717) is 12.2 Å². The zero-order valence-electron chi connectivity index (χ0n) is 9.40. The fourth-order valence-electron chi connectivity index (χ4n) is 1.09. The summed E-state index contributed by atoms with van der Waals surface area (Å²) < 4.78 is 26.0. The Morgan fingerprint density at radius 1 is 1.31 bits per heavy atom. The molecule has 0 heterocycles. The van der Waals surface area contributed by atoms with Crippen molar-refractivity contribution in [3.8, 4) is 0 Å². The molecule has 1 rings (SSSR count). The second-order valence-electron chi connectivity index (χ2n) is 3.70. The summed E-state index contributed by atoms with van der Waals surface area (Å²) in [7, 11) is -3.42. The summed E-state index contributed by atoms with van der Waals surface area (Å²) in [6.07, 6.45) is 1.81. The number of benzene rings is 1. The first-order valence-corrected chi connectivity index (χ1v) is 6.39. The van der Waals surface area contributed by atoms with Gasteiger partial charge in [-0.1, -0.05) is 11.6 Å². The number of anilines is 1. The van der Waals surface area contributed by atoms with Crippen LogP contribution >= 0.6 is 0 Å². The lowest BCUT2D eigenvalue weighted by atomic mass is 10.3. The van der Waals surface area contributed by atoms with Crippen LogP contribution < -0.4 is 10.5 Å². The summed E-state index contributed by atoms with van der Waals surface area (Å²) in [5.74, 6) is 0. The van der Waals surface area contributed by atoms with Crippen molar-refractivity contribution >= 4 is 15.7 Å². The Hall–Kier alpha value is -1.33. The van der Waals surface area contributed by atoms with E-state index in [1.54, 1.807) is 12.1 Å². The number of allylic oxidation sites excluding steroid dienone is 1. The van der Waals surface area contributed by atoms with Crippen LogP contribution in [0.25, 0.3) is 0 Å². The summed E-state index contributed by atoms with van der Waals surface area (Å²) in [6.45, 7) is 4.13. The molecule has 0 aliphatic carbocycles. The van der Waals surface area contributed by atoms with Gasteiger partial charge in [-0.05, 0) is 38.1 Å². The molecule has 4 nitrogen and oxygen atoms in total. The standard InChI is InChI=1S/C11H16N2O2S/c1-9(2)7-8-13-16(14,15)11-5-3-10(12)4-6-11/h3-7,13H,8,12H2,1-2H3. The number of hydrogen-bond acceptors (Lipinski definition) is 3. The smallest absolute Gasteiger partial charge is 0.240 e. The Morgan fingerprint density at radius 3 is 2.38 bits per heavy atom. The van der Waals surface area contributed by atoms with Crippen molar-refractivity contribution in [2.75, 3.05) is 12.3 Å². The minimum atomic E-state index is -3.42. The summed E-state index contributed by atoms with van der Waals surface area (Å²) in [5.41, 5.74) is 7.10. The molecule has 3 N–H and O–H groups in total. The molecule has 16 heavy (non-hydrogen) atoms. The number of hydrogen-bond donors (Lipinski definition) is 2. The third kappa shape index (κ3) is 3.67. The Kier molecular flexibility index (Phi) is 4.09. The van der Waals surface area contributed by atoms with Gasteiger partial charge in [0.1, 0.15) is 0 Å². The molecular weight excluding hydrogens is 224 g/mol. The number of rotatable bonds is 4. The molecule has 0 amide bonds. The molecular formula is C11H16N2O2S.